The van der Waals surface area contributed by atoms with Crippen LogP contribution in [0, 0.1) is 5.92 Å². The fourth-order valence-electron chi connectivity index (χ4n) is 4.35. The molecule has 10 heteroatoms. The Bertz CT molecular complexity index is 1450. The van der Waals surface area contributed by atoms with E-state index >= 15 is 0 Å². The average Bonchev–Trinajstić information content (AvgIpc) is 2.98. The summed E-state index contributed by atoms with van der Waals surface area (Å²) < 4.78 is 41.0. The molecule has 2 heterocycles. The third-order valence-electron chi connectivity index (χ3n) is 6.53. The topological polar surface area (TPSA) is 111 Å². The van der Waals surface area contributed by atoms with Crippen LogP contribution >= 0.6 is 11.8 Å². The molecule has 3 aromatic carbocycles. The van der Waals surface area contributed by atoms with E-state index in [9.17, 15) is 13.5 Å². The molecule has 1 aliphatic rings. The smallest absolute Gasteiger partial charge is 0.261 e. The van der Waals surface area contributed by atoms with E-state index in [1.807, 2.05) is 24.3 Å². The largest absolute Gasteiger partial charge is 0.392 e. The lowest BCUT2D eigenvalue weighted by atomic mass is 9.91. The number of ether oxygens (including phenoxy) is 2. The summed E-state index contributed by atoms with van der Waals surface area (Å²) in [5, 5.41) is 10.1. The van der Waals surface area contributed by atoms with Crippen LogP contribution in [0.2, 0.25) is 0 Å². The van der Waals surface area contributed by atoms with Crippen molar-refractivity contribution < 1.29 is 23.0 Å². The van der Waals surface area contributed by atoms with E-state index < -0.39 is 16.3 Å². The van der Waals surface area contributed by atoms with Crippen molar-refractivity contribution in [1.82, 2.24) is 9.97 Å². The molecule has 5 rings (SSSR count). The normalized spacial score (nSPS) is 21.4. The van der Waals surface area contributed by atoms with E-state index in [4.69, 9.17) is 9.47 Å². The number of rotatable bonds is 9. The van der Waals surface area contributed by atoms with Gasteiger partial charge in [-0.1, -0.05) is 73.3 Å². The van der Waals surface area contributed by atoms with Gasteiger partial charge in [-0.2, -0.15) is 0 Å². The summed E-state index contributed by atoms with van der Waals surface area (Å²) >= 11 is 1.53. The maximum Gasteiger partial charge on any atom is 0.261 e. The third kappa shape index (κ3) is 6.66. The number of anilines is 1. The van der Waals surface area contributed by atoms with Gasteiger partial charge in [0.1, 0.15) is 0 Å². The summed E-state index contributed by atoms with van der Waals surface area (Å²) in [5.41, 5.74) is 3.03. The number of sulfonamides is 1. The minimum Gasteiger partial charge on any atom is -0.392 e. The van der Waals surface area contributed by atoms with Gasteiger partial charge in [0.2, 0.25) is 0 Å². The summed E-state index contributed by atoms with van der Waals surface area (Å²) in [6, 6.07) is 24.8. The second-order valence-electron chi connectivity index (χ2n) is 9.20. The summed E-state index contributed by atoms with van der Waals surface area (Å²) in [6.07, 6.45) is 2.34. The molecule has 1 saturated heterocycles. The fourth-order valence-corrected chi connectivity index (χ4v) is 6.39. The Morgan fingerprint density at radius 2 is 1.54 bits per heavy atom. The van der Waals surface area contributed by atoms with Gasteiger partial charge in [-0.05, 0) is 41.5 Å². The first kappa shape index (κ1) is 27.3. The molecule has 0 saturated carbocycles. The number of hydrogen-bond donors (Lipinski definition) is 2. The molecule has 1 fully saturated rings. The highest BCUT2D eigenvalue weighted by Gasteiger charge is 2.38. The highest BCUT2D eigenvalue weighted by atomic mass is 32.2. The number of nitrogens with zero attached hydrogens (tertiary/aromatic N) is 2. The van der Waals surface area contributed by atoms with Gasteiger partial charge in [-0.25, -0.2) is 18.4 Å². The minimum absolute atomic E-state index is 0.0226. The lowest BCUT2D eigenvalue weighted by Crippen LogP contribution is -2.38. The van der Waals surface area contributed by atoms with Crippen LogP contribution in [0.25, 0.3) is 0 Å². The molecule has 8 nitrogen and oxygen atoms in total. The van der Waals surface area contributed by atoms with Crippen molar-refractivity contribution >= 4 is 27.5 Å². The van der Waals surface area contributed by atoms with E-state index in [0.717, 1.165) is 16.7 Å². The van der Waals surface area contributed by atoms with Crippen molar-refractivity contribution in [2.24, 2.45) is 5.92 Å². The Hall–Kier alpha value is -3.28. The predicted molar refractivity (Wildman–Crippen MR) is 149 cm³/mol. The molecule has 4 aromatic rings. The number of benzene rings is 3. The zero-order valence-electron chi connectivity index (χ0n) is 21.3. The number of nitrogens with one attached hydrogen (secondary N) is 1. The molecule has 0 radical (unpaired) electrons. The second-order valence-corrected chi connectivity index (χ2v) is 11.9. The van der Waals surface area contributed by atoms with Crippen LogP contribution in [0.4, 0.5) is 5.69 Å². The quantitative estimate of drug-likeness (QED) is 0.207. The summed E-state index contributed by atoms with van der Waals surface area (Å²) in [6.45, 7) is 2.07. The molecule has 1 aliphatic heterocycles. The lowest BCUT2D eigenvalue weighted by Gasteiger charge is -2.41. The number of aliphatic hydroxyl groups excluding tert-OH is 1. The predicted octanol–water partition coefficient (Wildman–Crippen LogP) is 5.35. The van der Waals surface area contributed by atoms with Crippen molar-refractivity contribution in [1.29, 1.82) is 0 Å². The number of aromatic nitrogens is 2. The Morgan fingerprint density at radius 1 is 0.872 bits per heavy atom. The molecular formula is C29H29N3O5S2. The second kappa shape index (κ2) is 12.3. The molecule has 1 aromatic heterocycles. The van der Waals surface area contributed by atoms with Crippen LogP contribution in [0.1, 0.15) is 36.0 Å². The Kier molecular flexibility index (Phi) is 8.59. The zero-order valence-corrected chi connectivity index (χ0v) is 22.9. The van der Waals surface area contributed by atoms with E-state index in [0.29, 0.717) is 16.6 Å². The molecule has 4 atom stereocenters. The van der Waals surface area contributed by atoms with E-state index in [2.05, 4.69) is 21.6 Å². The van der Waals surface area contributed by atoms with Crippen LogP contribution in [0.5, 0.6) is 0 Å². The molecule has 202 valence electrons. The van der Waals surface area contributed by atoms with Gasteiger partial charge in [0.05, 0.1) is 23.7 Å². The van der Waals surface area contributed by atoms with Gasteiger partial charge in [0.25, 0.3) is 10.0 Å². The van der Waals surface area contributed by atoms with Crippen LogP contribution < -0.4 is 4.72 Å². The van der Waals surface area contributed by atoms with Gasteiger partial charge < -0.3 is 14.6 Å². The molecule has 0 spiro atoms. The highest BCUT2D eigenvalue weighted by molar-refractivity contribution is 7.99. The van der Waals surface area contributed by atoms with Gasteiger partial charge in [0, 0.05) is 35.3 Å². The number of hydrogen-bond acceptors (Lipinski definition) is 8. The van der Waals surface area contributed by atoms with Gasteiger partial charge in [-0.15, -0.1) is 0 Å². The molecule has 0 amide bonds. The van der Waals surface area contributed by atoms with E-state index in [1.165, 1.54) is 11.8 Å². The van der Waals surface area contributed by atoms with Crippen LogP contribution in [0.15, 0.2) is 107 Å². The monoisotopic (exact) mass is 563 g/mol. The van der Waals surface area contributed by atoms with E-state index in [-0.39, 0.29) is 29.6 Å². The van der Waals surface area contributed by atoms with Crippen LogP contribution in [0.3, 0.4) is 0 Å². The van der Waals surface area contributed by atoms with Crippen molar-refractivity contribution in [2.75, 3.05) is 10.5 Å². The van der Waals surface area contributed by atoms with Crippen molar-refractivity contribution in [3.05, 3.63) is 114 Å². The minimum atomic E-state index is -3.70. The fraction of sp³-hybridized carbons (Fsp3) is 0.241. The molecule has 0 aliphatic carbocycles. The van der Waals surface area contributed by atoms with Gasteiger partial charge in [0.15, 0.2) is 11.4 Å². The maximum atomic E-state index is 12.7. The van der Waals surface area contributed by atoms with Crippen molar-refractivity contribution in [3.8, 4) is 0 Å². The van der Waals surface area contributed by atoms with Crippen molar-refractivity contribution in [3.63, 3.8) is 0 Å². The molecule has 0 unspecified atom stereocenters. The zero-order chi connectivity index (χ0) is 27.2. The first-order valence-electron chi connectivity index (χ1n) is 12.5. The van der Waals surface area contributed by atoms with Crippen LogP contribution in [-0.2, 0) is 26.1 Å². The number of thioether (sulfide) groups is 1. The van der Waals surface area contributed by atoms with Crippen molar-refractivity contribution in [2.45, 2.75) is 42.1 Å². The maximum absolute atomic E-state index is 12.7. The summed E-state index contributed by atoms with van der Waals surface area (Å²) in [7, 11) is -3.70. The first-order valence-corrected chi connectivity index (χ1v) is 15.0. The first-order chi connectivity index (χ1) is 18.9. The van der Waals surface area contributed by atoms with Gasteiger partial charge in [-0.3, -0.25) is 4.72 Å². The van der Waals surface area contributed by atoms with Crippen LogP contribution in [-0.4, -0.2) is 35.3 Å². The standard InChI is InChI=1S/C29H29N3O5S2/c1-20-26(19-38-29-30-16-5-17-31-29)36-28(37-27(20)22-10-8-21(18-33)9-11-22)23-12-14-24(15-13-23)32-39(34,35)25-6-3-2-4-7-25/h2-17,20,26-28,32-33H,18-19H2,1H3/t20-,26+,27+,28+/m1/s1. The van der Waals surface area contributed by atoms with E-state index in [1.54, 1.807) is 73.1 Å². The Balaban J connectivity index is 1.36. The molecule has 39 heavy (non-hydrogen) atoms. The molecule has 0 bridgehead atoms. The Morgan fingerprint density at radius 3 is 2.21 bits per heavy atom. The average molecular weight is 564 g/mol. The lowest BCUT2D eigenvalue weighted by molar-refractivity contribution is -0.268. The molecule has 2 N–H and O–H groups in total. The van der Waals surface area contributed by atoms with Gasteiger partial charge >= 0.3 is 0 Å². The number of aliphatic hydroxyl groups is 1. The summed E-state index contributed by atoms with van der Waals surface area (Å²) in [5.74, 6) is 0.653. The Labute approximate surface area is 232 Å². The third-order valence-corrected chi connectivity index (χ3v) is 8.89. The molecular weight excluding hydrogens is 534 g/mol. The highest BCUT2D eigenvalue weighted by Crippen LogP contribution is 2.43. The SMILES string of the molecule is C[C@@H]1[C@H](CSc2ncccn2)O[C@H](c2ccc(NS(=O)(=O)c3ccccc3)cc2)O[C@@H]1c1ccc(CO)cc1. The summed E-state index contributed by atoms with van der Waals surface area (Å²) in [4.78, 5) is 8.81.